The fraction of sp³-hybridized carbons (Fsp3) is 0.444. The van der Waals surface area contributed by atoms with Crippen molar-refractivity contribution in [3.63, 3.8) is 0 Å². The van der Waals surface area contributed by atoms with Crippen molar-refractivity contribution in [2.24, 2.45) is 4.99 Å². The molecule has 1 aromatic carbocycles. The summed E-state index contributed by atoms with van der Waals surface area (Å²) in [6.07, 6.45) is 1.99. The van der Waals surface area contributed by atoms with E-state index in [0.29, 0.717) is 12.2 Å². The van der Waals surface area contributed by atoms with E-state index >= 15 is 0 Å². The molecule has 1 fully saturated rings. The van der Waals surface area contributed by atoms with Crippen molar-refractivity contribution in [1.29, 1.82) is 0 Å². The van der Waals surface area contributed by atoms with Crippen molar-refractivity contribution in [3.8, 4) is 0 Å². The number of carbonyl (C=O) groups is 1. The maximum atomic E-state index is 12.6. The molecular weight excluding hydrogens is 308 g/mol. The lowest BCUT2D eigenvalue weighted by Crippen LogP contribution is -2.47. The Morgan fingerprint density at radius 3 is 2.83 bits per heavy atom. The van der Waals surface area contributed by atoms with Gasteiger partial charge in [-0.05, 0) is 19.8 Å². The van der Waals surface area contributed by atoms with Crippen LogP contribution in [0.3, 0.4) is 0 Å². The molecule has 2 aliphatic rings. The van der Waals surface area contributed by atoms with Crippen molar-refractivity contribution in [2.75, 3.05) is 18.9 Å². The van der Waals surface area contributed by atoms with Crippen molar-refractivity contribution in [3.05, 3.63) is 41.5 Å². The van der Waals surface area contributed by atoms with E-state index in [-0.39, 0.29) is 12.0 Å². The molecule has 1 aromatic rings. The Labute approximate surface area is 141 Å². The summed E-state index contributed by atoms with van der Waals surface area (Å²) in [6, 6.07) is 10.00. The second-order valence-electron chi connectivity index (χ2n) is 5.56. The van der Waals surface area contributed by atoms with Crippen LogP contribution < -0.4 is 0 Å². The number of hydrogen-bond donors (Lipinski definition) is 0. The molecule has 0 saturated carbocycles. The van der Waals surface area contributed by atoms with E-state index in [9.17, 15) is 4.79 Å². The number of thioether (sulfide) groups is 1. The second kappa shape index (κ2) is 7.21. The summed E-state index contributed by atoms with van der Waals surface area (Å²) < 4.78 is 5.35. The van der Waals surface area contributed by atoms with Crippen LogP contribution in [0.4, 0.5) is 0 Å². The van der Waals surface area contributed by atoms with Crippen LogP contribution >= 0.6 is 11.8 Å². The van der Waals surface area contributed by atoms with Gasteiger partial charge < -0.3 is 9.64 Å². The van der Waals surface area contributed by atoms with Gasteiger partial charge in [0, 0.05) is 17.9 Å². The number of rotatable bonds is 4. The lowest BCUT2D eigenvalue weighted by Gasteiger charge is -2.40. The lowest BCUT2D eigenvalue weighted by atomic mass is 9.95. The molecule has 0 aliphatic carbocycles. The summed E-state index contributed by atoms with van der Waals surface area (Å²) in [5.41, 5.74) is 2.45. The third-order valence-electron chi connectivity index (χ3n) is 4.12. The molecule has 122 valence electrons. The van der Waals surface area contributed by atoms with Crippen LogP contribution in [0.1, 0.15) is 32.3 Å². The smallest absolute Gasteiger partial charge is 0.338 e. The minimum Gasteiger partial charge on any atom is -0.463 e. The number of benzene rings is 1. The molecule has 0 spiro atoms. The summed E-state index contributed by atoms with van der Waals surface area (Å²) in [4.78, 5) is 19.8. The molecule has 2 aliphatic heterocycles. The van der Waals surface area contributed by atoms with Gasteiger partial charge in [0.05, 0.1) is 23.9 Å². The molecule has 0 radical (unpaired) electrons. The maximum absolute atomic E-state index is 12.6. The van der Waals surface area contributed by atoms with Crippen molar-refractivity contribution < 1.29 is 9.53 Å². The van der Waals surface area contributed by atoms with Gasteiger partial charge in [0.2, 0.25) is 0 Å². The number of hydrogen-bond acceptors (Lipinski definition) is 5. The van der Waals surface area contributed by atoms with E-state index in [4.69, 9.17) is 9.73 Å². The van der Waals surface area contributed by atoms with Gasteiger partial charge in [-0.1, -0.05) is 49.0 Å². The van der Waals surface area contributed by atoms with E-state index in [1.54, 1.807) is 11.8 Å². The molecular formula is C18H22N2O2S. The third kappa shape index (κ3) is 3.15. The molecule has 2 heterocycles. The van der Waals surface area contributed by atoms with Crippen LogP contribution in [-0.4, -0.2) is 41.0 Å². The van der Waals surface area contributed by atoms with Crippen LogP contribution in [0, 0.1) is 0 Å². The first kappa shape index (κ1) is 16.1. The van der Waals surface area contributed by atoms with Gasteiger partial charge in [-0.25, -0.2) is 9.79 Å². The fourth-order valence-electron chi connectivity index (χ4n) is 3.11. The molecule has 0 amide bonds. The van der Waals surface area contributed by atoms with Crippen molar-refractivity contribution in [2.45, 2.75) is 32.7 Å². The zero-order valence-corrected chi connectivity index (χ0v) is 14.4. The Balaban J connectivity index is 2.13. The average molecular weight is 330 g/mol. The Hall–Kier alpha value is -1.75. The van der Waals surface area contributed by atoms with Crippen molar-refractivity contribution >= 4 is 28.6 Å². The predicted octanol–water partition coefficient (Wildman–Crippen LogP) is 3.55. The molecule has 1 atom stereocenters. The van der Waals surface area contributed by atoms with Gasteiger partial charge >= 0.3 is 5.97 Å². The number of carbonyl (C=O) groups excluding carboxylic acids is 1. The molecule has 5 heteroatoms. The van der Waals surface area contributed by atoms with Gasteiger partial charge in [0.15, 0.2) is 5.17 Å². The minimum absolute atomic E-state index is 0.0459. The van der Waals surface area contributed by atoms with Gasteiger partial charge in [0.25, 0.3) is 0 Å². The van der Waals surface area contributed by atoms with Gasteiger partial charge in [-0.2, -0.15) is 0 Å². The zero-order chi connectivity index (χ0) is 16.2. The fourth-order valence-corrected chi connectivity index (χ4v) is 4.11. The number of ether oxygens (including phenoxy) is 1. The van der Waals surface area contributed by atoms with Gasteiger partial charge in [0.1, 0.15) is 0 Å². The summed E-state index contributed by atoms with van der Waals surface area (Å²) >= 11 is 1.78. The van der Waals surface area contributed by atoms with E-state index in [0.717, 1.165) is 41.6 Å². The van der Waals surface area contributed by atoms with Crippen LogP contribution in [0.2, 0.25) is 0 Å². The quantitative estimate of drug-likeness (QED) is 0.792. The highest BCUT2D eigenvalue weighted by atomic mass is 32.2. The van der Waals surface area contributed by atoms with E-state index < -0.39 is 0 Å². The number of amidine groups is 1. The highest BCUT2D eigenvalue weighted by molar-refractivity contribution is 8.13. The predicted molar refractivity (Wildman–Crippen MR) is 95.3 cm³/mol. The van der Waals surface area contributed by atoms with Gasteiger partial charge in [-0.3, -0.25) is 0 Å². The van der Waals surface area contributed by atoms with E-state index in [2.05, 4.69) is 11.8 Å². The van der Waals surface area contributed by atoms with Gasteiger partial charge in [-0.15, -0.1) is 0 Å². The third-order valence-corrected chi connectivity index (χ3v) is 5.20. The highest BCUT2D eigenvalue weighted by Gasteiger charge is 2.37. The molecule has 0 N–H and O–H groups in total. The zero-order valence-electron chi connectivity index (χ0n) is 13.6. The maximum Gasteiger partial charge on any atom is 0.338 e. The van der Waals surface area contributed by atoms with Crippen molar-refractivity contribution in [1.82, 2.24) is 4.90 Å². The normalized spacial score (nSPS) is 20.9. The first-order valence-electron chi connectivity index (χ1n) is 8.21. The first-order chi connectivity index (χ1) is 11.3. The Bertz CT molecular complexity index is 640. The summed E-state index contributed by atoms with van der Waals surface area (Å²) in [5, 5.41) is 1.04. The largest absolute Gasteiger partial charge is 0.463 e. The minimum atomic E-state index is -0.239. The Kier molecular flexibility index (Phi) is 5.06. The number of fused-ring (bicyclic) bond motifs is 1. The first-order valence-corrected chi connectivity index (χ1v) is 9.19. The number of esters is 1. The lowest BCUT2D eigenvalue weighted by molar-refractivity contribution is -0.139. The SMILES string of the molecule is CCOC(=O)C1=C(c2ccccc2)N=C2SCCCN2[C@@H]1CC. The molecule has 4 nitrogen and oxygen atoms in total. The second-order valence-corrected chi connectivity index (χ2v) is 6.62. The van der Waals surface area contributed by atoms with Crippen LogP contribution in [0.5, 0.6) is 0 Å². The van der Waals surface area contributed by atoms with Crippen LogP contribution in [0.25, 0.3) is 5.70 Å². The molecule has 3 rings (SSSR count). The summed E-state index contributed by atoms with van der Waals surface area (Å²) in [6.45, 7) is 5.30. The molecule has 23 heavy (non-hydrogen) atoms. The Morgan fingerprint density at radius 2 is 2.13 bits per heavy atom. The Morgan fingerprint density at radius 1 is 1.35 bits per heavy atom. The van der Waals surface area contributed by atoms with Crippen LogP contribution in [0.15, 0.2) is 40.9 Å². The summed E-state index contributed by atoms with van der Waals surface area (Å²) in [5.74, 6) is 0.847. The van der Waals surface area contributed by atoms with E-state index in [1.807, 2.05) is 37.3 Å². The number of nitrogens with zero attached hydrogens (tertiary/aromatic N) is 2. The topological polar surface area (TPSA) is 41.9 Å². The molecule has 0 bridgehead atoms. The standard InChI is InChI=1S/C18H22N2O2S/c1-3-14-15(17(21)22-4-2)16(13-9-6-5-7-10-13)19-18-20(14)11-8-12-23-18/h5-7,9-10,14H,3-4,8,11-12H2,1-2H3/t14-/m1/s1. The average Bonchev–Trinajstić information content (AvgIpc) is 2.61. The summed E-state index contributed by atoms with van der Waals surface area (Å²) in [7, 11) is 0. The highest BCUT2D eigenvalue weighted by Crippen LogP contribution is 2.36. The molecule has 0 aromatic heterocycles. The molecule has 1 saturated heterocycles. The number of aliphatic imine (C=N–C) groups is 1. The molecule has 0 unspecified atom stereocenters. The van der Waals surface area contributed by atoms with E-state index in [1.165, 1.54) is 0 Å². The monoisotopic (exact) mass is 330 g/mol. The van der Waals surface area contributed by atoms with Crippen LogP contribution in [-0.2, 0) is 9.53 Å².